The van der Waals surface area contributed by atoms with Gasteiger partial charge in [-0.15, -0.1) is 0 Å². The lowest BCUT2D eigenvalue weighted by Crippen LogP contribution is -2.17. The highest BCUT2D eigenvalue weighted by atomic mass is 19.1. The molecule has 0 aliphatic carbocycles. The van der Waals surface area contributed by atoms with Crippen molar-refractivity contribution in [2.75, 3.05) is 25.6 Å². The molecule has 5 nitrogen and oxygen atoms in total. The van der Waals surface area contributed by atoms with Crippen molar-refractivity contribution in [1.82, 2.24) is 0 Å². The monoisotopic (exact) mass is 407 g/mol. The molecule has 0 amide bonds. The summed E-state index contributed by atoms with van der Waals surface area (Å²) in [7, 11) is 1.48. The Balaban J connectivity index is 1.59. The summed E-state index contributed by atoms with van der Waals surface area (Å²) in [4.78, 5) is 24.9. The first-order chi connectivity index (χ1) is 14.6. The molecule has 30 heavy (non-hydrogen) atoms. The van der Waals surface area contributed by atoms with Gasteiger partial charge in [0.15, 0.2) is 6.61 Å². The number of ether oxygens (including phenoxy) is 2. The van der Waals surface area contributed by atoms with Crippen LogP contribution in [0.2, 0.25) is 0 Å². The molecule has 0 bridgehead atoms. The van der Waals surface area contributed by atoms with Gasteiger partial charge in [0, 0.05) is 12.2 Å². The molecule has 6 heteroatoms. The van der Waals surface area contributed by atoms with Gasteiger partial charge in [0.2, 0.25) is 5.78 Å². The van der Waals surface area contributed by atoms with E-state index in [1.165, 1.54) is 19.2 Å². The van der Waals surface area contributed by atoms with Crippen molar-refractivity contribution in [3.63, 3.8) is 0 Å². The summed E-state index contributed by atoms with van der Waals surface area (Å²) in [6, 6.07) is 20.0. The molecule has 0 atom stereocenters. The van der Waals surface area contributed by atoms with Crippen LogP contribution in [0.15, 0.2) is 72.8 Å². The van der Waals surface area contributed by atoms with Crippen LogP contribution in [0.25, 0.3) is 0 Å². The van der Waals surface area contributed by atoms with E-state index in [4.69, 9.17) is 9.47 Å². The second-order valence-corrected chi connectivity index (χ2v) is 6.55. The van der Waals surface area contributed by atoms with Crippen LogP contribution in [0, 0.1) is 5.82 Å². The molecule has 3 aromatic rings. The Morgan fingerprint density at radius 1 is 0.900 bits per heavy atom. The topological polar surface area (TPSA) is 64.6 Å². The lowest BCUT2D eigenvalue weighted by Gasteiger charge is -2.12. The lowest BCUT2D eigenvalue weighted by molar-refractivity contribution is 0.0475. The van der Waals surface area contributed by atoms with Gasteiger partial charge in [-0.1, -0.05) is 36.4 Å². The van der Waals surface area contributed by atoms with E-state index >= 15 is 0 Å². The van der Waals surface area contributed by atoms with Gasteiger partial charge in [-0.25, -0.2) is 9.18 Å². The van der Waals surface area contributed by atoms with Gasteiger partial charge >= 0.3 is 5.97 Å². The first kappa shape index (κ1) is 21.0. The molecule has 3 aromatic carbocycles. The minimum absolute atomic E-state index is 0.275. The van der Waals surface area contributed by atoms with Crippen molar-refractivity contribution in [2.45, 2.75) is 6.42 Å². The number of para-hydroxylation sites is 2. The number of ketones is 1. The Morgan fingerprint density at radius 2 is 1.57 bits per heavy atom. The summed E-state index contributed by atoms with van der Waals surface area (Å²) < 4.78 is 23.4. The van der Waals surface area contributed by atoms with E-state index in [-0.39, 0.29) is 18.2 Å². The van der Waals surface area contributed by atoms with Crippen LogP contribution < -0.4 is 10.1 Å². The quantitative estimate of drug-likeness (QED) is 0.417. The summed E-state index contributed by atoms with van der Waals surface area (Å²) in [6.07, 6.45) is 0.663. The van der Waals surface area contributed by atoms with Gasteiger partial charge in [0.1, 0.15) is 11.6 Å². The molecule has 0 unspecified atom stereocenters. The molecule has 0 aliphatic heterocycles. The van der Waals surface area contributed by atoms with E-state index in [1.54, 1.807) is 60.7 Å². The van der Waals surface area contributed by atoms with Crippen molar-refractivity contribution in [1.29, 1.82) is 0 Å². The molecule has 0 radical (unpaired) electrons. The van der Waals surface area contributed by atoms with Crippen molar-refractivity contribution in [2.24, 2.45) is 0 Å². The van der Waals surface area contributed by atoms with Crippen molar-refractivity contribution in [3.05, 3.63) is 95.3 Å². The van der Waals surface area contributed by atoms with Crippen molar-refractivity contribution >= 4 is 17.4 Å². The van der Waals surface area contributed by atoms with Gasteiger partial charge in [-0.05, 0) is 48.4 Å². The molecule has 0 saturated heterocycles. The Bertz CT molecular complexity index is 1020. The number of nitrogens with one attached hydrogen (secondary N) is 1. The Kier molecular flexibility index (Phi) is 7.16. The minimum Gasteiger partial charge on any atom is -0.496 e. The standard InChI is InChI=1S/C24H22FNO4/c1-29-23-9-5-3-7-20(23)22(27)16-30-24(28)19-6-2-4-8-21(19)26-15-14-17-10-12-18(25)13-11-17/h2-13,26H,14-16H2,1H3. The number of Topliss-reactive ketones (excluding diaryl/α,β-unsaturated/α-hetero) is 1. The molecule has 0 saturated carbocycles. The molecule has 0 aromatic heterocycles. The van der Waals surface area contributed by atoms with Crippen LogP contribution in [0.1, 0.15) is 26.3 Å². The number of halogens is 1. The number of benzene rings is 3. The van der Waals surface area contributed by atoms with Crippen LogP contribution >= 0.6 is 0 Å². The first-order valence-corrected chi connectivity index (χ1v) is 9.49. The van der Waals surface area contributed by atoms with Crippen LogP contribution in [0.5, 0.6) is 5.75 Å². The maximum Gasteiger partial charge on any atom is 0.340 e. The zero-order chi connectivity index (χ0) is 21.3. The van der Waals surface area contributed by atoms with Gasteiger partial charge < -0.3 is 14.8 Å². The smallest absolute Gasteiger partial charge is 0.340 e. The predicted octanol–water partition coefficient (Wildman–Crippen LogP) is 4.53. The van der Waals surface area contributed by atoms with Crippen LogP contribution in [0.4, 0.5) is 10.1 Å². The fourth-order valence-electron chi connectivity index (χ4n) is 2.97. The Morgan fingerprint density at radius 3 is 2.30 bits per heavy atom. The number of carbonyl (C=O) groups excluding carboxylic acids is 2. The van der Waals surface area contributed by atoms with E-state index in [1.807, 2.05) is 0 Å². The number of carbonyl (C=O) groups is 2. The summed E-state index contributed by atoms with van der Waals surface area (Å²) in [5.74, 6) is -0.783. The maximum absolute atomic E-state index is 13.0. The van der Waals surface area contributed by atoms with E-state index in [9.17, 15) is 14.0 Å². The fourth-order valence-corrected chi connectivity index (χ4v) is 2.97. The summed E-state index contributed by atoms with van der Waals surface area (Å²) >= 11 is 0. The molecule has 0 heterocycles. The number of hydrogen-bond donors (Lipinski definition) is 1. The van der Waals surface area contributed by atoms with E-state index in [2.05, 4.69) is 5.32 Å². The van der Waals surface area contributed by atoms with E-state index < -0.39 is 5.97 Å². The largest absolute Gasteiger partial charge is 0.496 e. The van der Waals surface area contributed by atoms with Crippen LogP contribution in [-0.4, -0.2) is 32.0 Å². The second-order valence-electron chi connectivity index (χ2n) is 6.55. The maximum atomic E-state index is 13.0. The van der Waals surface area contributed by atoms with Gasteiger partial charge in [-0.3, -0.25) is 4.79 Å². The highest BCUT2D eigenvalue weighted by Gasteiger charge is 2.17. The molecule has 0 aliphatic rings. The summed E-state index contributed by atoms with van der Waals surface area (Å²) in [5, 5.41) is 3.20. The average molecular weight is 407 g/mol. The van der Waals surface area contributed by atoms with Gasteiger partial charge in [-0.2, -0.15) is 0 Å². The number of hydrogen-bond acceptors (Lipinski definition) is 5. The molecular formula is C24H22FNO4. The fraction of sp³-hybridized carbons (Fsp3) is 0.167. The number of esters is 1. The minimum atomic E-state index is -0.594. The number of methoxy groups -OCH3 is 1. The molecule has 1 N–H and O–H groups in total. The number of anilines is 1. The molecular weight excluding hydrogens is 385 g/mol. The molecule has 0 fully saturated rings. The highest BCUT2D eigenvalue weighted by molar-refractivity contribution is 6.02. The third kappa shape index (κ3) is 5.44. The molecule has 0 spiro atoms. The van der Waals surface area contributed by atoms with Crippen molar-refractivity contribution < 1.29 is 23.5 Å². The summed E-state index contributed by atoms with van der Waals surface area (Å²) in [5.41, 5.74) is 2.28. The Labute approximate surface area is 174 Å². The zero-order valence-electron chi connectivity index (χ0n) is 16.6. The molecule has 154 valence electrons. The third-order valence-electron chi connectivity index (χ3n) is 4.53. The lowest BCUT2D eigenvalue weighted by atomic mass is 10.1. The Hall–Kier alpha value is -3.67. The second kappa shape index (κ2) is 10.2. The average Bonchev–Trinajstić information content (AvgIpc) is 2.79. The summed E-state index contributed by atoms with van der Waals surface area (Å²) in [6.45, 7) is 0.166. The van der Waals surface area contributed by atoms with Gasteiger partial charge in [0.05, 0.1) is 18.2 Å². The van der Waals surface area contributed by atoms with E-state index in [0.29, 0.717) is 35.5 Å². The molecule has 3 rings (SSSR count). The van der Waals surface area contributed by atoms with Crippen molar-refractivity contribution in [3.8, 4) is 5.75 Å². The van der Waals surface area contributed by atoms with Gasteiger partial charge in [0.25, 0.3) is 0 Å². The van der Waals surface area contributed by atoms with Crippen LogP contribution in [0.3, 0.4) is 0 Å². The highest BCUT2D eigenvalue weighted by Crippen LogP contribution is 2.19. The third-order valence-corrected chi connectivity index (χ3v) is 4.53. The first-order valence-electron chi connectivity index (χ1n) is 9.49. The predicted molar refractivity (Wildman–Crippen MR) is 113 cm³/mol. The van der Waals surface area contributed by atoms with Crippen LogP contribution in [-0.2, 0) is 11.2 Å². The SMILES string of the molecule is COc1ccccc1C(=O)COC(=O)c1ccccc1NCCc1ccc(F)cc1. The number of rotatable bonds is 9. The zero-order valence-corrected chi connectivity index (χ0v) is 16.6. The van der Waals surface area contributed by atoms with E-state index in [0.717, 1.165) is 5.56 Å². The normalized spacial score (nSPS) is 10.3.